The van der Waals surface area contributed by atoms with Crippen LogP contribution < -0.4 is 0 Å². The van der Waals surface area contributed by atoms with Gasteiger partial charge >= 0.3 is 0 Å². The summed E-state index contributed by atoms with van der Waals surface area (Å²) >= 11 is 0. The smallest absolute Gasteiger partial charge is 0.0763 e. The first-order chi connectivity index (χ1) is 12.6. The van der Waals surface area contributed by atoms with Crippen LogP contribution in [0.15, 0.2) is 42.5 Å². The normalized spacial score (nSPS) is 31.8. The van der Waals surface area contributed by atoms with Crippen LogP contribution in [0.25, 0.3) is 0 Å². The van der Waals surface area contributed by atoms with Crippen LogP contribution in [0.3, 0.4) is 0 Å². The highest BCUT2D eigenvalue weighted by atomic mass is 16.5. The summed E-state index contributed by atoms with van der Waals surface area (Å²) in [6.45, 7) is 0.595. The van der Waals surface area contributed by atoms with Gasteiger partial charge in [0, 0.05) is 31.8 Å². The first kappa shape index (κ1) is 19.1. The Balaban J connectivity index is 1.52. The quantitative estimate of drug-likeness (QED) is 0.554. The third kappa shape index (κ3) is 4.54. The number of hydrogen-bond acceptors (Lipinski definition) is 4. The molecule has 2 aliphatic carbocycles. The first-order valence-electron chi connectivity index (χ1n) is 9.73. The molecule has 1 aromatic carbocycles. The highest BCUT2D eigenvalue weighted by Gasteiger charge is 2.54. The SMILES string of the molecule is N#CCCCOC1C[C@H]2CC[C@@H](C=CC(O)Cc3ccccc3)[C@]2(O)C1. The van der Waals surface area contributed by atoms with Crippen molar-refractivity contribution in [2.75, 3.05) is 6.61 Å². The third-order valence-corrected chi connectivity index (χ3v) is 5.92. The molecule has 1 aromatic rings. The Morgan fingerprint density at radius 2 is 2.12 bits per heavy atom. The maximum absolute atomic E-state index is 11.2. The van der Waals surface area contributed by atoms with Crippen LogP contribution in [0.4, 0.5) is 0 Å². The van der Waals surface area contributed by atoms with Gasteiger partial charge in [-0.15, -0.1) is 0 Å². The van der Waals surface area contributed by atoms with Crippen molar-refractivity contribution in [1.82, 2.24) is 0 Å². The number of ether oxygens (including phenoxy) is 1. The Kier molecular flexibility index (Phi) is 6.48. The number of nitriles is 1. The van der Waals surface area contributed by atoms with Gasteiger partial charge in [-0.1, -0.05) is 42.5 Å². The molecule has 0 radical (unpaired) electrons. The van der Waals surface area contributed by atoms with Crippen LogP contribution >= 0.6 is 0 Å². The number of hydrogen-bond donors (Lipinski definition) is 2. The van der Waals surface area contributed by atoms with Gasteiger partial charge in [-0.05, 0) is 37.2 Å². The molecule has 0 aromatic heterocycles. The van der Waals surface area contributed by atoms with Crippen molar-refractivity contribution in [1.29, 1.82) is 5.26 Å². The topological polar surface area (TPSA) is 73.5 Å². The lowest BCUT2D eigenvalue weighted by molar-refractivity contribution is -0.0212. The molecule has 140 valence electrons. The maximum Gasteiger partial charge on any atom is 0.0763 e. The van der Waals surface area contributed by atoms with Gasteiger partial charge in [0.25, 0.3) is 0 Å². The highest BCUT2D eigenvalue weighted by molar-refractivity contribution is 5.18. The van der Waals surface area contributed by atoms with Crippen molar-refractivity contribution in [3.05, 3.63) is 48.0 Å². The van der Waals surface area contributed by atoms with Crippen LogP contribution in [0.5, 0.6) is 0 Å². The van der Waals surface area contributed by atoms with E-state index in [1.165, 1.54) is 0 Å². The molecule has 5 atom stereocenters. The standard InChI is InChI=1S/C22H29NO3/c23-12-4-5-13-26-21-15-19-9-8-18(22(19,25)16-21)10-11-20(24)14-17-6-2-1-3-7-17/h1-3,6-7,10-11,18-21,24-25H,4-5,8-9,13-16H2/t18-,19+,20?,21?,22+/m0/s1. The van der Waals surface area contributed by atoms with E-state index in [0.29, 0.717) is 25.9 Å². The van der Waals surface area contributed by atoms with Crippen molar-refractivity contribution in [2.45, 2.75) is 62.8 Å². The Bertz CT molecular complexity index is 639. The molecule has 0 saturated heterocycles. The molecule has 2 N–H and O–H groups in total. The Morgan fingerprint density at radius 1 is 1.31 bits per heavy atom. The maximum atomic E-state index is 11.2. The van der Waals surface area contributed by atoms with Crippen molar-refractivity contribution < 1.29 is 14.9 Å². The van der Waals surface area contributed by atoms with Gasteiger partial charge in [0.2, 0.25) is 0 Å². The van der Waals surface area contributed by atoms with E-state index < -0.39 is 11.7 Å². The van der Waals surface area contributed by atoms with Gasteiger partial charge in [0.05, 0.1) is 23.9 Å². The van der Waals surface area contributed by atoms with E-state index in [1.807, 2.05) is 42.5 Å². The van der Waals surface area contributed by atoms with Crippen LogP contribution in [-0.4, -0.2) is 34.6 Å². The molecule has 3 rings (SSSR count). The summed E-state index contributed by atoms with van der Waals surface area (Å²) in [5.74, 6) is 0.370. The molecule has 0 bridgehead atoms. The lowest BCUT2D eigenvalue weighted by Crippen LogP contribution is -2.35. The van der Waals surface area contributed by atoms with Crippen LogP contribution in [-0.2, 0) is 11.2 Å². The number of fused-ring (bicyclic) bond motifs is 1. The van der Waals surface area contributed by atoms with E-state index in [0.717, 1.165) is 31.2 Å². The van der Waals surface area contributed by atoms with Gasteiger partial charge in [-0.2, -0.15) is 5.26 Å². The van der Waals surface area contributed by atoms with Crippen LogP contribution in [0.1, 0.15) is 44.1 Å². The second-order valence-corrected chi connectivity index (χ2v) is 7.71. The molecule has 26 heavy (non-hydrogen) atoms. The average Bonchev–Trinajstić information content (AvgIpc) is 3.11. The van der Waals surface area contributed by atoms with E-state index >= 15 is 0 Å². The van der Waals surface area contributed by atoms with Crippen molar-refractivity contribution in [3.8, 4) is 6.07 Å². The summed E-state index contributed by atoms with van der Waals surface area (Å²) in [7, 11) is 0. The number of benzene rings is 1. The van der Waals surface area contributed by atoms with E-state index in [9.17, 15) is 10.2 Å². The predicted molar refractivity (Wildman–Crippen MR) is 100 cm³/mol. The van der Waals surface area contributed by atoms with Crippen LogP contribution in [0.2, 0.25) is 0 Å². The van der Waals surface area contributed by atoms with Crippen molar-refractivity contribution in [3.63, 3.8) is 0 Å². The van der Waals surface area contributed by atoms with Crippen LogP contribution in [0, 0.1) is 23.2 Å². The van der Waals surface area contributed by atoms with Gasteiger partial charge in [0.1, 0.15) is 0 Å². The number of aliphatic hydroxyl groups is 2. The zero-order valence-corrected chi connectivity index (χ0v) is 15.3. The number of nitrogens with zero attached hydrogens (tertiary/aromatic N) is 1. The molecule has 2 unspecified atom stereocenters. The largest absolute Gasteiger partial charge is 0.389 e. The zero-order valence-electron chi connectivity index (χ0n) is 15.3. The highest BCUT2D eigenvalue weighted by Crippen LogP contribution is 2.52. The second-order valence-electron chi connectivity index (χ2n) is 7.71. The first-order valence-corrected chi connectivity index (χ1v) is 9.73. The fourth-order valence-corrected chi connectivity index (χ4v) is 4.57. The van der Waals surface area contributed by atoms with Crippen molar-refractivity contribution in [2.24, 2.45) is 11.8 Å². The minimum absolute atomic E-state index is 0.0885. The van der Waals surface area contributed by atoms with E-state index in [4.69, 9.17) is 10.00 Å². The fourth-order valence-electron chi connectivity index (χ4n) is 4.57. The molecule has 4 heteroatoms. The predicted octanol–water partition coefficient (Wildman–Crippen LogP) is 3.39. The van der Waals surface area contributed by atoms with E-state index in [2.05, 4.69) is 6.07 Å². The lowest BCUT2D eigenvalue weighted by atomic mass is 9.86. The average molecular weight is 355 g/mol. The summed E-state index contributed by atoms with van der Waals surface area (Å²) in [6.07, 6.45) is 8.84. The lowest BCUT2D eigenvalue weighted by Gasteiger charge is -2.28. The molecule has 2 saturated carbocycles. The molecule has 2 aliphatic rings. The number of aliphatic hydroxyl groups excluding tert-OH is 1. The minimum atomic E-state index is -0.705. The zero-order chi connectivity index (χ0) is 18.4. The molecular formula is C22H29NO3. The summed E-state index contributed by atoms with van der Waals surface area (Å²) in [6, 6.07) is 12.1. The minimum Gasteiger partial charge on any atom is -0.389 e. The third-order valence-electron chi connectivity index (χ3n) is 5.92. The summed E-state index contributed by atoms with van der Waals surface area (Å²) in [5.41, 5.74) is 0.405. The molecule has 2 fully saturated rings. The Labute approximate surface area is 156 Å². The van der Waals surface area contributed by atoms with Gasteiger partial charge in [0.15, 0.2) is 0 Å². The van der Waals surface area contributed by atoms with Gasteiger partial charge in [-0.3, -0.25) is 0 Å². The second kappa shape index (κ2) is 8.81. The van der Waals surface area contributed by atoms with Gasteiger partial charge < -0.3 is 14.9 Å². The fraction of sp³-hybridized carbons (Fsp3) is 0.591. The summed E-state index contributed by atoms with van der Waals surface area (Å²) in [5, 5.41) is 30.1. The summed E-state index contributed by atoms with van der Waals surface area (Å²) in [4.78, 5) is 0. The molecule has 0 spiro atoms. The number of rotatable bonds is 8. The molecule has 0 aliphatic heterocycles. The number of unbranched alkanes of at least 4 members (excludes halogenated alkanes) is 1. The Hall–Kier alpha value is -1.67. The molecule has 0 amide bonds. The summed E-state index contributed by atoms with van der Waals surface area (Å²) < 4.78 is 5.87. The monoisotopic (exact) mass is 355 g/mol. The Morgan fingerprint density at radius 3 is 2.88 bits per heavy atom. The van der Waals surface area contributed by atoms with E-state index in [-0.39, 0.29) is 17.9 Å². The molecule has 0 heterocycles. The molecule has 4 nitrogen and oxygen atoms in total. The molecular weight excluding hydrogens is 326 g/mol. The van der Waals surface area contributed by atoms with E-state index in [1.54, 1.807) is 0 Å². The van der Waals surface area contributed by atoms with Gasteiger partial charge in [-0.25, -0.2) is 0 Å². The van der Waals surface area contributed by atoms with Crippen molar-refractivity contribution >= 4 is 0 Å².